The minimum absolute atomic E-state index is 0.184. The molecular weight excluding hydrogens is 309 g/mol. The topological polar surface area (TPSA) is 25.2 Å². The van der Waals surface area contributed by atoms with Crippen LogP contribution >= 0.6 is 15.9 Å². The highest BCUT2D eigenvalue weighted by Crippen LogP contribution is 2.30. The molecule has 0 aliphatic carbocycles. The van der Waals surface area contributed by atoms with Crippen molar-refractivity contribution in [2.45, 2.75) is 26.3 Å². The van der Waals surface area contributed by atoms with E-state index in [0.29, 0.717) is 5.56 Å². The van der Waals surface area contributed by atoms with Crippen LogP contribution in [-0.4, -0.2) is 6.54 Å². The number of halogens is 2. The maximum atomic E-state index is 14.1. The summed E-state index contributed by atoms with van der Waals surface area (Å²) in [4.78, 5) is 0. The van der Waals surface area contributed by atoms with Crippen molar-refractivity contribution >= 4 is 15.9 Å². The summed E-state index contributed by atoms with van der Waals surface area (Å²) in [5.74, 6) is 0.683. The van der Waals surface area contributed by atoms with Crippen molar-refractivity contribution in [3.8, 4) is 0 Å². The summed E-state index contributed by atoms with van der Waals surface area (Å²) in [6.07, 6.45) is 2.45. The lowest BCUT2D eigenvalue weighted by Gasteiger charge is -2.19. The molecule has 2 nitrogen and oxygen atoms in total. The summed E-state index contributed by atoms with van der Waals surface area (Å²) in [7, 11) is 0. The number of hydrogen-bond donors (Lipinski definition) is 1. The predicted molar refractivity (Wildman–Crippen MR) is 77.7 cm³/mol. The lowest BCUT2D eigenvalue weighted by Crippen LogP contribution is -2.23. The second-order valence-corrected chi connectivity index (χ2v) is 5.22. The molecule has 0 aliphatic rings. The van der Waals surface area contributed by atoms with Gasteiger partial charge in [0, 0.05) is 22.0 Å². The number of furan rings is 1. The quantitative estimate of drug-likeness (QED) is 0.879. The zero-order valence-electron chi connectivity index (χ0n) is 11.0. The van der Waals surface area contributed by atoms with Gasteiger partial charge in [0.1, 0.15) is 11.6 Å². The van der Waals surface area contributed by atoms with E-state index >= 15 is 0 Å². The summed E-state index contributed by atoms with van der Waals surface area (Å²) in [6.45, 7) is 4.79. The van der Waals surface area contributed by atoms with E-state index in [1.807, 2.05) is 26.0 Å². The van der Waals surface area contributed by atoms with Gasteiger partial charge < -0.3 is 9.73 Å². The van der Waals surface area contributed by atoms with Gasteiger partial charge in [-0.05, 0) is 30.8 Å². The van der Waals surface area contributed by atoms with Gasteiger partial charge in [-0.1, -0.05) is 29.8 Å². The number of rotatable bonds is 5. The fourth-order valence-corrected chi connectivity index (χ4v) is 2.60. The van der Waals surface area contributed by atoms with Gasteiger partial charge in [-0.2, -0.15) is 0 Å². The number of hydrogen-bond acceptors (Lipinski definition) is 2. The van der Waals surface area contributed by atoms with Gasteiger partial charge >= 0.3 is 0 Å². The molecule has 4 heteroatoms. The maximum Gasteiger partial charge on any atom is 0.128 e. The minimum atomic E-state index is -0.211. The molecule has 1 aromatic heterocycles. The van der Waals surface area contributed by atoms with E-state index in [9.17, 15) is 4.39 Å². The minimum Gasteiger partial charge on any atom is -0.469 e. The summed E-state index contributed by atoms with van der Waals surface area (Å²) < 4.78 is 20.4. The normalized spacial score (nSPS) is 12.6. The fraction of sp³-hybridized carbons (Fsp3) is 0.333. The molecule has 0 bridgehead atoms. The first-order chi connectivity index (χ1) is 9.17. The molecule has 0 spiro atoms. The number of aryl methyl sites for hydroxylation is 1. The third-order valence-corrected chi connectivity index (χ3v) is 3.58. The van der Waals surface area contributed by atoms with Gasteiger partial charge in [0.15, 0.2) is 0 Å². The van der Waals surface area contributed by atoms with Gasteiger partial charge in [0.2, 0.25) is 0 Å². The first-order valence-electron chi connectivity index (χ1n) is 6.42. The highest BCUT2D eigenvalue weighted by molar-refractivity contribution is 9.10. The molecule has 2 rings (SSSR count). The lowest BCUT2D eigenvalue weighted by molar-refractivity contribution is 0.497. The Bertz CT molecular complexity index is 553. The molecule has 1 aromatic carbocycles. The van der Waals surface area contributed by atoms with Crippen LogP contribution in [0.3, 0.4) is 0 Å². The molecule has 0 saturated carbocycles. The second kappa shape index (κ2) is 6.35. The van der Waals surface area contributed by atoms with Crippen LogP contribution in [-0.2, 0) is 6.42 Å². The van der Waals surface area contributed by atoms with E-state index in [1.165, 1.54) is 6.07 Å². The van der Waals surface area contributed by atoms with E-state index in [4.69, 9.17) is 4.42 Å². The first-order valence-corrected chi connectivity index (χ1v) is 7.21. The third kappa shape index (κ3) is 3.07. The van der Waals surface area contributed by atoms with E-state index in [-0.39, 0.29) is 11.9 Å². The van der Waals surface area contributed by atoms with Crippen LogP contribution < -0.4 is 5.32 Å². The van der Waals surface area contributed by atoms with E-state index in [0.717, 1.165) is 28.8 Å². The Labute approximate surface area is 121 Å². The molecule has 1 unspecified atom stereocenters. The van der Waals surface area contributed by atoms with Gasteiger partial charge in [0.25, 0.3) is 0 Å². The highest BCUT2D eigenvalue weighted by atomic mass is 79.9. The van der Waals surface area contributed by atoms with Crippen LogP contribution in [0.15, 0.2) is 39.4 Å². The Morgan fingerprint density at radius 3 is 2.74 bits per heavy atom. The molecule has 0 aliphatic heterocycles. The first kappa shape index (κ1) is 14.3. The number of benzene rings is 1. The van der Waals surface area contributed by atoms with Crippen LogP contribution in [0.5, 0.6) is 0 Å². The molecule has 2 aromatic rings. The van der Waals surface area contributed by atoms with E-state index in [1.54, 1.807) is 12.3 Å². The number of nitrogens with one attached hydrogen (secondary N) is 1. The van der Waals surface area contributed by atoms with Crippen LogP contribution in [0.2, 0.25) is 0 Å². The molecule has 1 atom stereocenters. The van der Waals surface area contributed by atoms with Crippen molar-refractivity contribution in [1.82, 2.24) is 5.32 Å². The summed E-state index contributed by atoms with van der Waals surface area (Å²) in [5.41, 5.74) is 1.63. The van der Waals surface area contributed by atoms with Crippen molar-refractivity contribution in [3.05, 3.63) is 57.7 Å². The monoisotopic (exact) mass is 325 g/mol. The van der Waals surface area contributed by atoms with Crippen molar-refractivity contribution < 1.29 is 8.81 Å². The molecule has 102 valence electrons. The highest BCUT2D eigenvalue weighted by Gasteiger charge is 2.21. The van der Waals surface area contributed by atoms with Crippen LogP contribution in [0.25, 0.3) is 0 Å². The standard InChI is InChI=1S/C15H17BrFNO/c1-3-14-11(7-8-19-14)15(18-4-2)12-9-10(16)5-6-13(12)17/h5-9,15,18H,3-4H2,1-2H3. The van der Waals surface area contributed by atoms with Crippen molar-refractivity contribution in [3.63, 3.8) is 0 Å². The van der Waals surface area contributed by atoms with Crippen molar-refractivity contribution in [2.75, 3.05) is 6.54 Å². The SMILES string of the molecule is CCNC(c1cc(Br)ccc1F)c1ccoc1CC. The lowest BCUT2D eigenvalue weighted by atomic mass is 9.97. The molecule has 0 amide bonds. The van der Waals surface area contributed by atoms with Crippen LogP contribution in [0.1, 0.15) is 36.8 Å². The fourth-order valence-electron chi connectivity index (χ4n) is 2.22. The summed E-state index contributed by atoms with van der Waals surface area (Å²) >= 11 is 3.40. The Morgan fingerprint density at radius 2 is 2.05 bits per heavy atom. The smallest absolute Gasteiger partial charge is 0.128 e. The maximum absolute atomic E-state index is 14.1. The third-order valence-electron chi connectivity index (χ3n) is 3.09. The second-order valence-electron chi connectivity index (χ2n) is 4.31. The average Bonchev–Trinajstić information content (AvgIpc) is 2.87. The molecule has 19 heavy (non-hydrogen) atoms. The van der Waals surface area contributed by atoms with Gasteiger partial charge in [-0.25, -0.2) is 4.39 Å². The zero-order chi connectivity index (χ0) is 13.8. The molecule has 0 radical (unpaired) electrons. The molecular formula is C15H17BrFNO. The van der Waals surface area contributed by atoms with Gasteiger partial charge in [0.05, 0.1) is 12.3 Å². The Morgan fingerprint density at radius 1 is 1.26 bits per heavy atom. The van der Waals surface area contributed by atoms with Gasteiger partial charge in [-0.15, -0.1) is 0 Å². The molecule has 1 heterocycles. The largest absolute Gasteiger partial charge is 0.469 e. The van der Waals surface area contributed by atoms with Crippen molar-refractivity contribution in [2.24, 2.45) is 0 Å². The molecule has 1 N–H and O–H groups in total. The average molecular weight is 326 g/mol. The summed E-state index contributed by atoms with van der Waals surface area (Å²) in [5, 5.41) is 3.32. The van der Waals surface area contributed by atoms with E-state index < -0.39 is 0 Å². The Hall–Kier alpha value is -1.13. The Kier molecular flexibility index (Phi) is 4.77. The summed E-state index contributed by atoms with van der Waals surface area (Å²) in [6, 6.07) is 6.73. The molecule has 0 saturated heterocycles. The molecule has 0 fully saturated rings. The Balaban J connectivity index is 2.48. The predicted octanol–water partition coefficient (Wildman–Crippen LogP) is 4.44. The van der Waals surface area contributed by atoms with Crippen molar-refractivity contribution in [1.29, 1.82) is 0 Å². The zero-order valence-corrected chi connectivity index (χ0v) is 12.6. The van der Waals surface area contributed by atoms with Gasteiger partial charge in [-0.3, -0.25) is 0 Å². The van der Waals surface area contributed by atoms with Crippen LogP contribution in [0.4, 0.5) is 4.39 Å². The van der Waals surface area contributed by atoms with Crippen LogP contribution in [0, 0.1) is 5.82 Å². The van der Waals surface area contributed by atoms with E-state index in [2.05, 4.69) is 21.2 Å².